The van der Waals surface area contributed by atoms with Crippen LogP contribution >= 0.6 is 0 Å². The lowest BCUT2D eigenvalue weighted by molar-refractivity contribution is -0.148. The molecule has 0 aromatic heterocycles. The highest BCUT2D eigenvalue weighted by Crippen LogP contribution is 2.37. The minimum Gasteiger partial charge on any atom is -0.377 e. The summed E-state index contributed by atoms with van der Waals surface area (Å²) in [6.07, 6.45) is 2.53. The minimum atomic E-state index is -0.299. The Balaban J connectivity index is 2.30. The van der Waals surface area contributed by atoms with Crippen LogP contribution in [0.5, 0.6) is 0 Å². The normalized spacial score (nSPS) is 36.1. The molecule has 0 spiro atoms. The summed E-state index contributed by atoms with van der Waals surface area (Å²) in [6.45, 7) is 4.42. The van der Waals surface area contributed by atoms with Gasteiger partial charge in [-0.2, -0.15) is 0 Å². The summed E-state index contributed by atoms with van der Waals surface area (Å²) in [5.74, 6) is -0.993. The zero-order chi connectivity index (χ0) is 10.3. The fourth-order valence-corrected chi connectivity index (χ4v) is 2.44. The van der Waals surface area contributed by atoms with Crippen LogP contribution in [0, 0.1) is 11.8 Å². The van der Waals surface area contributed by atoms with Crippen molar-refractivity contribution in [3.63, 3.8) is 0 Å². The summed E-state index contributed by atoms with van der Waals surface area (Å²) in [7, 11) is 0. The molecule has 3 aliphatic rings. The third-order valence-corrected chi connectivity index (χ3v) is 3.06. The third kappa shape index (κ3) is 1.23. The molecule has 1 saturated carbocycles. The van der Waals surface area contributed by atoms with Crippen LogP contribution in [0.1, 0.15) is 20.3 Å². The molecule has 3 nitrogen and oxygen atoms in total. The molecule has 14 heavy (non-hydrogen) atoms. The number of ether oxygens (including phenoxy) is 1. The molecule has 3 rings (SSSR count). The number of hydrogen-bond donors (Lipinski definition) is 0. The molecular weight excluding hydrogens is 180 g/mol. The molecule has 3 heteroatoms. The number of carbonyl (C=O) groups is 2. The number of hydrogen-bond acceptors (Lipinski definition) is 3. The van der Waals surface area contributed by atoms with Gasteiger partial charge >= 0.3 is 0 Å². The lowest BCUT2D eigenvalue weighted by Crippen LogP contribution is -2.48. The van der Waals surface area contributed by atoms with Crippen LogP contribution in [0.4, 0.5) is 0 Å². The van der Waals surface area contributed by atoms with Gasteiger partial charge in [0.25, 0.3) is 0 Å². The topological polar surface area (TPSA) is 43.4 Å². The van der Waals surface area contributed by atoms with Crippen LogP contribution in [-0.4, -0.2) is 24.3 Å². The fraction of sp³-hybridized carbons (Fsp3) is 0.636. The molecule has 0 radical (unpaired) electrons. The Hall–Kier alpha value is -0.960. The molecule has 0 saturated heterocycles. The van der Waals surface area contributed by atoms with Crippen LogP contribution in [-0.2, 0) is 14.3 Å². The Bertz CT molecular complexity index is 316. The van der Waals surface area contributed by atoms with Crippen LogP contribution in [0.25, 0.3) is 0 Å². The number of ketones is 2. The molecule has 3 unspecified atom stereocenters. The summed E-state index contributed by atoms with van der Waals surface area (Å²) >= 11 is 0. The zero-order valence-electron chi connectivity index (χ0n) is 8.45. The Morgan fingerprint density at radius 2 is 2.14 bits per heavy atom. The third-order valence-electron chi connectivity index (χ3n) is 3.06. The summed E-state index contributed by atoms with van der Waals surface area (Å²) in [5, 5.41) is 0. The van der Waals surface area contributed by atoms with Gasteiger partial charge in [-0.25, -0.2) is 0 Å². The maximum Gasteiger partial charge on any atom is 0.208 e. The molecule has 1 fully saturated rings. The average molecular weight is 194 g/mol. The smallest absolute Gasteiger partial charge is 0.208 e. The Morgan fingerprint density at radius 1 is 1.43 bits per heavy atom. The highest BCUT2D eigenvalue weighted by atomic mass is 16.5. The average Bonchev–Trinajstić information content (AvgIpc) is 2.13. The van der Waals surface area contributed by atoms with Gasteiger partial charge in [0.15, 0.2) is 0 Å². The van der Waals surface area contributed by atoms with E-state index in [9.17, 15) is 9.59 Å². The first kappa shape index (κ1) is 9.59. The second-order valence-electron chi connectivity index (χ2n) is 3.95. The molecular formula is C11H14O3. The lowest BCUT2D eigenvalue weighted by atomic mass is 9.68. The number of carbonyl (C=O) groups excluding carboxylic acids is 2. The molecule has 0 N–H and O–H groups in total. The highest BCUT2D eigenvalue weighted by Gasteiger charge is 2.47. The second kappa shape index (κ2) is 3.31. The first-order valence-electron chi connectivity index (χ1n) is 5.03. The van der Waals surface area contributed by atoms with Crippen LogP contribution in [0.2, 0.25) is 0 Å². The van der Waals surface area contributed by atoms with Crippen LogP contribution < -0.4 is 0 Å². The van der Waals surface area contributed by atoms with E-state index < -0.39 is 0 Å². The van der Waals surface area contributed by atoms with E-state index in [1.165, 1.54) is 0 Å². The molecule has 0 heterocycles. The van der Waals surface area contributed by atoms with Gasteiger partial charge in [-0.1, -0.05) is 11.6 Å². The molecule has 0 amide bonds. The van der Waals surface area contributed by atoms with E-state index in [0.717, 1.165) is 5.57 Å². The predicted octanol–water partition coefficient (Wildman–Crippen LogP) is 1.13. The zero-order valence-corrected chi connectivity index (χ0v) is 8.45. The SMILES string of the molecule is CCOC1CC2C=C(C)C1C(=O)C2=O. The van der Waals surface area contributed by atoms with Crippen molar-refractivity contribution in [2.45, 2.75) is 26.4 Å². The summed E-state index contributed by atoms with van der Waals surface area (Å²) in [5.41, 5.74) is 1.00. The van der Waals surface area contributed by atoms with Gasteiger partial charge in [0.05, 0.1) is 12.0 Å². The van der Waals surface area contributed by atoms with E-state index in [2.05, 4.69) is 0 Å². The second-order valence-corrected chi connectivity index (χ2v) is 3.95. The summed E-state index contributed by atoms with van der Waals surface area (Å²) in [6, 6.07) is 0. The first-order valence-corrected chi connectivity index (χ1v) is 5.03. The van der Waals surface area contributed by atoms with Crippen molar-refractivity contribution in [3.05, 3.63) is 11.6 Å². The van der Waals surface area contributed by atoms with E-state index in [-0.39, 0.29) is 29.5 Å². The molecule has 3 atom stereocenters. The largest absolute Gasteiger partial charge is 0.377 e. The number of rotatable bonds is 2. The van der Waals surface area contributed by atoms with Crippen molar-refractivity contribution < 1.29 is 14.3 Å². The molecule has 0 aliphatic heterocycles. The van der Waals surface area contributed by atoms with Gasteiger partial charge in [0.2, 0.25) is 11.6 Å². The highest BCUT2D eigenvalue weighted by molar-refractivity contribution is 6.41. The number of Topliss-reactive ketones (excluding diaryl/α,β-unsaturated/α-hetero) is 2. The van der Waals surface area contributed by atoms with E-state index in [4.69, 9.17) is 4.74 Å². The van der Waals surface area contributed by atoms with Gasteiger partial charge in [-0.05, 0) is 20.3 Å². The number of fused-ring (bicyclic) bond motifs is 2. The van der Waals surface area contributed by atoms with E-state index in [0.29, 0.717) is 13.0 Å². The van der Waals surface area contributed by atoms with E-state index >= 15 is 0 Å². The number of allylic oxidation sites excluding steroid dienone is 1. The Morgan fingerprint density at radius 3 is 2.71 bits per heavy atom. The van der Waals surface area contributed by atoms with Crippen LogP contribution in [0.3, 0.4) is 0 Å². The van der Waals surface area contributed by atoms with Crippen molar-refractivity contribution in [2.24, 2.45) is 11.8 Å². The molecule has 76 valence electrons. The maximum absolute atomic E-state index is 11.6. The van der Waals surface area contributed by atoms with E-state index in [1.54, 1.807) is 0 Å². The molecule has 0 aromatic carbocycles. The fourth-order valence-electron chi connectivity index (χ4n) is 2.44. The van der Waals surface area contributed by atoms with Gasteiger partial charge in [-0.3, -0.25) is 9.59 Å². The van der Waals surface area contributed by atoms with Gasteiger partial charge in [-0.15, -0.1) is 0 Å². The van der Waals surface area contributed by atoms with Crippen LogP contribution in [0.15, 0.2) is 11.6 Å². The van der Waals surface area contributed by atoms with Crippen molar-refractivity contribution in [2.75, 3.05) is 6.61 Å². The lowest BCUT2D eigenvalue weighted by Gasteiger charge is -2.38. The van der Waals surface area contributed by atoms with Crippen molar-refractivity contribution in [1.82, 2.24) is 0 Å². The van der Waals surface area contributed by atoms with Crippen molar-refractivity contribution >= 4 is 11.6 Å². The quantitative estimate of drug-likeness (QED) is 0.489. The van der Waals surface area contributed by atoms with Gasteiger partial charge in [0.1, 0.15) is 0 Å². The maximum atomic E-state index is 11.6. The standard InChI is InChI=1S/C11H14O3/c1-3-14-8-5-7-4-6(2)9(8)11(13)10(7)12/h4,7-9H,3,5H2,1-2H3. The van der Waals surface area contributed by atoms with Crippen molar-refractivity contribution in [3.8, 4) is 0 Å². The molecule has 2 bridgehead atoms. The molecule has 3 aliphatic carbocycles. The monoisotopic (exact) mass is 194 g/mol. The van der Waals surface area contributed by atoms with Gasteiger partial charge in [0, 0.05) is 12.5 Å². The molecule has 0 aromatic rings. The minimum absolute atomic E-state index is 0.0693. The Kier molecular flexibility index (Phi) is 2.27. The predicted molar refractivity (Wildman–Crippen MR) is 50.8 cm³/mol. The van der Waals surface area contributed by atoms with Gasteiger partial charge < -0.3 is 4.74 Å². The Labute approximate surface area is 83.1 Å². The first-order chi connectivity index (χ1) is 6.65. The summed E-state index contributed by atoms with van der Waals surface area (Å²) < 4.78 is 5.49. The van der Waals surface area contributed by atoms with Crippen molar-refractivity contribution in [1.29, 1.82) is 0 Å². The van der Waals surface area contributed by atoms with E-state index in [1.807, 2.05) is 19.9 Å². The summed E-state index contributed by atoms with van der Waals surface area (Å²) in [4.78, 5) is 23.0.